The van der Waals surface area contributed by atoms with Gasteiger partial charge in [-0.25, -0.2) is 0 Å². The molecule has 0 aliphatic rings. The summed E-state index contributed by atoms with van der Waals surface area (Å²) >= 11 is 4.69. The number of carbonyl (C=O) groups excluding carboxylic acids is 1. The Labute approximate surface area is 159 Å². The number of ether oxygens (including phenoxy) is 1. The van der Waals surface area contributed by atoms with Crippen LogP contribution in [0.15, 0.2) is 42.5 Å². The van der Waals surface area contributed by atoms with E-state index in [4.69, 9.17) is 16.3 Å². The Morgan fingerprint density at radius 2 is 1.85 bits per heavy atom. The predicted octanol–water partition coefficient (Wildman–Crippen LogP) is 5.04. The van der Waals surface area contributed by atoms with Crippen LogP contribution in [0.2, 0.25) is 10.7 Å². The topological polar surface area (TPSA) is 38.3 Å². The van der Waals surface area contributed by atoms with Crippen molar-refractivity contribution in [3.63, 3.8) is 0 Å². The molecule has 26 heavy (non-hydrogen) atoms. The van der Waals surface area contributed by atoms with E-state index in [0.29, 0.717) is 15.9 Å². The summed E-state index contributed by atoms with van der Waals surface area (Å²) in [4.78, 5) is 11.5. The number of carbonyl (C=O) groups is 1. The zero-order chi connectivity index (χ0) is 19.3. The molecule has 2 rings (SSSR count). The first-order valence-corrected chi connectivity index (χ1v) is 12.3. The van der Waals surface area contributed by atoms with E-state index in [1.165, 1.54) is 12.1 Å². The molecule has 0 saturated carbocycles. The third-order valence-electron chi connectivity index (χ3n) is 3.61. The van der Waals surface area contributed by atoms with Gasteiger partial charge in [-0.1, -0.05) is 0 Å². The fraction of sp³-hybridized carbons (Fsp3) is 0.278. The number of hydrogen-bond donors (Lipinski definition) is 1. The van der Waals surface area contributed by atoms with Gasteiger partial charge in [0.2, 0.25) is 0 Å². The number of anilines is 1. The third kappa shape index (κ3) is 5.68. The monoisotopic (exact) mass is 447 g/mol. The van der Waals surface area contributed by atoms with Crippen molar-refractivity contribution in [2.24, 2.45) is 0 Å². The molecule has 0 saturated heterocycles. The molecule has 1 amide bonds. The predicted molar refractivity (Wildman–Crippen MR) is 98.5 cm³/mol. The summed E-state index contributed by atoms with van der Waals surface area (Å²) in [5.74, 6) is 0. The van der Waals surface area contributed by atoms with Gasteiger partial charge in [0.1, 0.15) is 0 Å². The molecule has 140 valence electrons. The number of hydrogen-bond acceptors (Lipinski definition) is 2. The zero-order valence-corrected chi connectivity index (χ0v) is 16.9. The van der Waals surface area contributed by atoms with Crippen molar-refractivity contribution in [1.82, 2.24) is 0 Å². The van der Waals surface area contributed by atoms with Gasteiger partial charge in [0, 0.05) is 0 Å². The Morgan fingerprint density at radius 3 is 2.38 bits per heavy atom. The molecule has 0 fully saturated rings. The molecule has 0 heterocycles. The summed E-state index contributed by atoms with van der Waals surface area (Å²) < 4.78 is 43.7. The van der Waals surface area contributed by atoms with E-state index in [9.17, 15) is 18.0 Å². The third-order valence-corrected chi connectivity index (χ3v) is 8.11. The number of halogens is 4. The first kappa shape index (κ1) is 20.7. The summed E-state index contributed by atoms with van der Waals surface area (Å²) in [7, 11) is 0. The average Bonchev–Trinajstić information content (AvgIpc) is 2.56. The molecular weight excluding hydrogens is 430 g/mol. The number of alkyl halides is 3. The van der Waals surface area contributed by atoms with Crippen molar-refractivity contribution < 1.29 is 22.7 Å². The van der Waals surface area contributed by atoms with Crippen LogP contribution in [-0.4, -0.2) is 27.4 Å². The Balaban J connectivity index is 2.06. The van der Waals surface area contributed by atoms with Crippen LogP contribution < -0.4 is 9.67 Å². The van der Waals surface area contributed by atoms with Gasteiger partial charge in [-0.05, 0) is 0 Å². The molecule has 0 aliphatic heterocycles. The molecule has 0 bridgehead atoms. The van der Waals surface area contributed by atoms with Crippen molar-refractivity contribution >= 4 is 42.4 Å². The van der Waals surface area contributed by atoms with Crippen LogP contribution in [-0.2, 0) is 16.1 Å². The number of nitrogens with one attached hydrogen (secondary N) is 1. The molecule has 3 nitrogen and oxygen atoms in total. The first-order chi connectivity index (χ1) is 12.2. The van der Waals surface area contributed by atoms with E-state index in [1.807, 2.05) is 6.07 Å². The zero-order valence-electron chi connectivity index (χ0n) is 14.2. The van der Waals surface area contributed by atoms with E-state index in [-0.39, 0.29) is 6.61 Å². The van der Waals surface area contributed by atoms with E-state index in [2.05, 4.69) is 11.0 Å². The van der Waals surface area contributed by atoms with Gasteiger partial charge in [-0.15, -0.1) is 0 Å². The fourth-order valence-corrected chi connectivity index (χ4v) is 6.08. The van der Waals surface area contributed by atoms with Crippen LogP contribution in [0, 0.1) is 0 Å². The molecule has 2 aromatic carbocycles. The Morgan fingerprint density at radius 1 is 1.19 bits per heavy atom. The van der Waals surface area contributed by atoms with Gasteiger partial charge in [0.25, 0.3) is 0 Å². The van der Waals surface area contributed by atoms with Crippen molar-refractivity contribution in [1.29, 1.82) is 0 Å². The summed E-state index contributed by atoms with van der Waals surface area (Å²) in [6, 6.07) is 10.7. The maximum atomic E-state index is 12.6. The van der Waals surface area contributed by atoms with Crippen molar-refractivity contribution in [2.45, 2.75) is 24.0 Å². The summed E-state index contributed by atoms with van der Waals surface area (Å²) in [5, 5.41) is 3.68. The second-order valence-electron chi connectivity index (χ2n) is 5.56. The Bertz CT molecular complexity index is 766. The SMILES string of the molecule is CCOC(=O)Nc1ccc([As](C)Cc2ccc(C(F)(F)F)cc2)cc1Cl. The van der Waals surface area contributed by atoms with Crippen LogP contribution in [0.1, 0.15) is 18.1 Å². The van der Waals surface area contributed by atoms with Gasteiger partial charge in [-0.2, -0.15) is 0 Å². The van der Waals surface area contributed by atoms with E-state index >= 15 is 0 Å². The van der Waals surface area contributed by atoms with Crippen LogP contribution in [0.3, 0.4) is 0 Å². The normalized spacial score (nSPS) is 12.5. The van der Waals surface area contributed by atoms with Gasteiger partial charge < -0.3 is 0 Å². The van der Waals surface area contributed by atoms with Crippen LogP contribution >= 0.6 is 11.6 Å². The van der Waals surface area contributed by atoms with E-state index in [1.54, 1.807) is 19.1 Å². The number of benzene rings is 2. The Hall–Kier alpha value is -1.65. The summed E-state index contributed by atoms with van der Waals surface area (Å²) in [5.41, 5.74) is 2.79. The second-order valence-corrected chi connectivity index (χ2v) is 10.6. The van der Waals surface area contributed by atoms with Gasteiger partial charge in [0.05, 0.1) is 0 Å². The molecule has 0 aliphatic carbocycles. The minimum atomic E-state index is -4.32. The fourth-order valence-electron chi connectivity index (χ4n) is 2.28. The second kappa shape index (κ2) is 8.83. The van der Waals surface area contributed by atoms with Crippen molar-refractivity contribution in [3.05, 3.63) is 58.6 Å². The van der Waals surface area contributed by atoms with E-state index < -0.39 is 32.5 Å². The van der Waals surface area contributed by atoms with Crippen LogP contribution in [0.4, 0.5) is 23.7 Å². The molecular formula is C18H18AsClF3NO2. The minimum absolute atomic E-state index is 0.263. The summed E-state index contributed by atoms with van der Waals surface area (Å²) in [6.45, 7) is 1.97. The van der Waals surface area contributed by atoms with Crippen LogP contribution in [0.5, 0.6) is 0 Å². The van der Waals surface area contributed by atoms with E-state index in [0.717, 1.165) is 22.0 Å². The Kier molecular flexibility index (Phi) is 7.01. The molecule has 1 atom stereocenters. The molecule has 8 heteroatoms. The van der Waals surface area contributed by atoms with Crippen LogP contribution in [0.25, 0.3) is 0 Å². The quantitative estimate of drug-likeness (QED) is 0.652. The maximum absolute atomic E-state index is 12.6. The van der Waals surface area contributed by atoms with Gasteiger partial charge in [0.15, 0.2) is 0 Å². The first-order valence-electron chi connectivity index (χ1n) is 7.81. The van der Waals surface area contributed by atoms with Gasteiger partial charge >= 0.3 is 160 Å². The molecule has 0 spiro atoms. The van der Waals surface area contributed by atoms with Crippen molar-refractivity contribution in [3.8, 4) is 0 Å². The number of amides is 1. The molecule has 1 unspecified atom stereocenters. The molecule has 1 N–H and O–H groups in total. The summed E-state index contributed by atoms with van der Waals surface area (Å²) in [6.07, 6.45) is -4.89. The van der Waals surface area contributed by atoms with Crippen molar-refractivity contribution in [2.75, 3.05) is 11.9 Å². The molecule has 0 radical (unpaired) electrons. The average molecular weight is 448 g/mol. The number of rotatable bonds is 5. The molecule has 0 aromatic heterocycles. The standard InChI is InChI=1S/C18H18AsClF3NO2/c1-3-26-17(25)24-16-9-8-14(10-15(16)20)19(2)11-12-4-6-13(7-5-12)18(21,22)23/h4-10H,3,11H2,1-2H3,(H,24,25). The van der Waals surface area contributed by atoms with Gasteiger partial charge in [-0.3, -0.25) is 0 Å². The molecule has 2 aromatic rings.